The maximum atomic E-state index is 14.7. The predicted molar refractivity (Wildman–Crippen MR) is 125 cm³/mol. The standard InChI is InChI=1S/C24H34FN5O4/c1-5-26-23(32)30-13-12-28(14-16(30)4)15-19-20(22(31)34-7-3)21(27-24(33)29(19)6-2)17-10-8-9-11-18(17)25/h8-11,16,21H,5-7,12-15H2,1-4H3,(H,26,32)(H,27,33)/t16-,21-/m0/s1. The average Bonchev–Trinajstić information content (AvgIpc) is 2.79. The van der Waals surface area contributed by atoms with E-state index in [0.29, 0.717) is 45.0 Å². The molecule has 0 saturated carbocycles. The molecule has 9 nitrogen and oxygen atoms in total. The molecule has 1 aromatic carbocycles. The van der Waals surface area contributed by atoms with Gasteiger partial charge < -0.3 is 20.3 Å². The highest BCUT2D eigenvalue weighted by Crippen LogP contribution is 2.33. The first-order valence-electron chi connectivity index (χ1n) is 11.8. The molecule has 2 atom stereocenters. The van der Waals surface area contributed by atoms with Gasteiger partial charge in [0, 0.05) is 56.6 Å². The average molecular weight is 476 g/mol. The quantitative estimate of drug-likeness (QED) is 0.591. The Morgan fingerprint density at radius 3 is 2.56 bits per heavy atom. The third kappa shape index (κ3) is 5.32. The number of halogens is 1. The van der Waals surface area contributed by atoms with Gasteiger partial charge in [-0.15, -0.1) is 0 Å². The van der Waals surface area contributed by atoms with Crippen molar-refractivity contribution in [3.05, 3.63) is 46.9 Å². The van der Waals surface area contributed by atoms with Crippen LogP contribution < -0.4 is 10.6 Å². The number of piperazine rings is 1. The lowest BCUT2D eigenvalue weighted by Gasteiger charge is -2.42. The van der Waals surface area contributed by atoms with Gasteiger partial charge in [-0.05, 0) is 33.8 Å². The van der Waals surface area contributed by atoms with Crippen LogP contribution in [0, 0.1) is 5.82 Å². The summed E-state index contributed by atoms with van der Waals surface area (Å²) in [6, 6.07) is 4.58. The second kappa shape index (κ2) is 11.3. The van der Waals surface area contributed by atoms with Gasteiger partial charge in [0.15, 0.2) is 0 Å². The summed E-state index contributed by atoms with van der Waals surface area (Å²) in [5, 5.41) is 5.61. The summed E-state index contributed by atoms with van der Waals surface area (Å²) >= 11 is 0. The van der Waals surface area contributed by atoms with Crippen LogP contribution in [0.15, 0.2) is 35.5 Å². The van der Waals surface area contributed by atoms with E-state index in [-0.39, 0.29) is 29.8 Å². The topological polar surface area (TPSA) is 94.2 Å². The minimum atomic E-state index is -0.959. The van der Waals surface area contributed by atoms with Crippen LogP contribution in [0.5, 0.6) is 0 Å². The number of carbonyl (C=O) groups is 3. The number of likely N-dealkylation sites (N-methyl/N-ethyl adjacent to an activating group) is 1. The van der Waals surface area contributed by atoms with Gasteiger partial charge in [0.05, 0.1) is 18.2 Å². The third-order valence-electron chi connectivity index (χ3n) is 6.14. The van der Waals surface area contributed by atoms with Gasteiger partial charge in [-0.1, -0.05) is 18.2 Å². The molecule has 0 spiro atoms. The maximum Gasteiger partial charge on any atom is 0.338 e. The summed E-state index contributed by atoms with van der Waals surface area (Å²) in [4.78, 5) is 43.8. The molecule has 2 aliphatic rings. The van der Waals surface area contributed by atoms with Crippen molar-refractivity contribution in [2.75, 3.05) is 45.9 Å². The van der Waals surface area contributed by atoms with Crippen LogP contribution in [0.4, 0.5) is 14.0 Å². The molecule has 1 fully saturated rings. The van der Waals surface area contributed by atoms with Crippen LogP contribution in [0.1, 0.15) is 39.3 Å². The lowest BCUT2D eigenvalue weighted by atomic mass is 9.93. The molecule has 2 N–H and O–H groups in total. The van der Waals surface area contributed by atoms with Crippen LogP contribution >= 0.6 is 0 Å². The zero-order chi connectivity index (χ0) is 24.8. The lowest BCUT2D eigenvalue weighted by molar-refractivity contribution is -0.139. The number of esters is 1. The molecule has 10 heteroatoms. The van der Waals surface area contributed by atoms with Gasteiger partial charge >= 0.3 is 18.0 Å². The summed E-state index contributed by atoms with van der Waals surface area (Å²) in [6.07, 6.45) is 0. The molecule has 34 heavy (non-hydrogen) atoms. The van der Waals surface area contributed by atoms with E-state index in [1.165, 1.54) is 11.0 Å². The number of nitrogens with one attached hydrogen (secondary N) is 2. The van der Waals surface area contributed by atoms with E-state index in [2.05, 4.69) is 15.5 Å². The first kappa shape index (κ1) is 25.5. The Bertz CT molecular complexity index is 953. The zero-order valence-electron chi connectivity index (χ0n) is 20.3. The second-order valence-corrected chi connectivity index (χ2v) is 8.34. The fourth-order valence-electron chi connectivity index (χ4n) is 4.54. The van der Waals surface area contributed by atoms with Crippen molar-refractivity contribution in [3.63, 3.8) is 0 Å². The van der Waals surface area contributed by atoms with Gasteiger partial charge in [-0.2, -0.15) is 0 Å². The molecule has 0 aromatic heterocycles. The highest BCUT2D eigenvalue weighted by Gasteiger charge is 2.40. The Labute approximate surface area is 199 Å². The molecule has 1 saturated heterocycles. The van der Waals surface area contributed by atoms with Crippen LogP contribution in [0.25, 0.3) is 0 Å². The van der Waals surface area contributed by atoms with Crippen molar-refractivity contribution in [1.29, 1.82) is 0 Å². The molecule has 2 heterocycles. The van der Waals surface area contributed by atoms with Crippen LogP contribution in [0.2, 0.25) is 0 Å². The van der Waals surface area contributed by atoms with Gasteiger partial charge in [-0.3, -0.25) is 9.80 Å². The fraction of sp³-hybridized carbons (Fsp3) is 0.542. The number of ether oxygens (including phenoxy) is 1. The molecule has 2 aliphatic heterocycles. The summed E-state index contributed by atoms with van der Waals surface area (Å²) in [5.74, 6) is -1.10. The fourth-order valence-corrected chi connectivity index (χ4v) is 4.54. The molecule has 3 rings (SSSR count). The second-order valence-electron chi connectivity index (χ2n) is 8.34. The van der Waals surface area contributed by atoms with Gasteiger partial charge in [0.25, 0.3) is 0 Å². The number of rotatable bonds is 7. The molecular weight excluding hydrogens is 441 g/mol. The largest absolute Gasteiger partial charge is 0.463 e. The number of amides is 4. The summed E-state index contributed by atoms with van der Waals surface area (Å²) in [6.45, 7) is 10.4. The first-order chi connectivity index (χ1) is 16.3. The van der Waals surface area contributed by atoms with Crippen molar-refractivity contribution >= 4 is 18.0 Å². The van der Waals surface area contributed by atoms with E-state index in [1.807, 2.05) is 20.8 Å². The highest BCUT2D eigenvalue weighted by atomic mass is 19.1. The SMILES string of the molecule is CCNC(=O)N1CCN(CC2=C(C(=O)OCC)[C@H](c3ccccc3F)NC(=O)N2CC)C[C@@H]1C. The Hall–Kier alpha value is -3.14. The van der Waals surface area contributed by atoms with Crippen molar-refractivity contribution in [3.8, 4) is 0 Å². The van der Waals surface area contributed by atoms with Gasteiger partial charge in [0.1, 0.15) is 5.82 Å². The summed E-state index contributed by atoms with van der Waals surface area (Å²) in [5.41, 5.74) is 0.936. The number of benzene rings is 1. The molecule has 0 bridgehead atoms. The monoisotopic (exact) mass is 475 g/mol. The minimum Gasteiger partial charge on any atom is -0.463 e. The van der Waals surface area contributed by atoms with E-state index >= 15 is 0 Å². The van der Waals surface area contributed by atoms with Gasteiger partial charge in [0.2, 0.25) is 0 Å². The molecule has 1 aromatic rings. The Kier molecular flexibility index (Phi) is 8.49. The Balaban J connectivity index is 1.98. The number of carbonyl (C=O) groups excluding carboxylic acids is 3. The van der Waals surface area contributed by atoms with E-state index in [4.69, 9.17) is 4.74 Å². The molecule has 0 unspecified atom stereocenters. The highest BCUT2D eigenvalue weighted by molar-refractivity contribution is 5.95. The number of urea groups is 2. The van der Waals surface area contributed by atoms with E-state index in [9.17, 15) is 18.8 Å². The number of hydrogen-bond donors (Lipinski definition) is 2. The Morgan fingerprint density at radius 2 is 1.94 bits per heavy atom. The third-order valence-corrected chi connectivity index (χ3v) is 6.14. The molecule has 186 valence electrons. The molecule has 0 aliphatic carbocycles. The molecular formula is C24H34FN5O4. The van der Waals surface area contributed by atoms with E-state index in [1.54, 1.807) is 30.0 Å². The van der Waals surface area contributed by atoms with E-state index < -0.39 is 23.9 Å². The lowest BCUT2D eigenvalue weighted by Crippen LogP contribution is -2.58. The molecule has 4 amide bonds. The Morgan fingerprint density at radius 1 is 1.21 bits per heavy atom. The van der Waals surface area contributed by atoms with E-state index in [0.717, 1.165) is 0 Å². The maximum absolute atomic E-state index is 14.7. The number of hydrogen-bond acceptors (Lipinski definition) is 5. The van der Waals surface area contributed by atoms with Crippen molar-refractivity contribution in [2.24, 2.45) is 0 Å². The smallest absolute Gasteiger partial charge is 0.338 e. The summed E-state index contributed by atoms with van der Waals surface area (Å²) in [7, 11) is 0. The molecule has 0 radical (unpaired) electrons. The van der Waals surface area contributed by atoms with Crippen molar-refractivity contribution < 1.29 is 23.5 Å². The first-order valence-corrected chi connectivity index (χ1v) is 11.8. The zero-order valence-corrected chi connectivity index (χ0v) is 20.3. The van der Waals surface area contributed by atoms with Crippen molar-refractivity contribution in [1.82, 2.24) is 25.3 Å². The minimum absolute atomic E-state index is 0.0539. The normalized spacial score (nSPS) is 21.4. The van der Waals surface area contributed by atoms with Gasteiger partial charge in [-0.25, -0.2) is 18.8 Å². The van der Waals surface area contributed by atoms with Crippen LogP contribution in [0.3, 0.4) is 0 Å². The summed E-state index contributed by atoms with van der Waals surface area (Å²) < 4.78 is 20.1. The van der Waals surface area contributed by atoms with Crippen LogP contribution in [-0.4, -0.2) is 84.6 Å². The van der Waals surface area contributed by atoms with Crippen molar-refractivity contribution in [2.45, 2.75) is 39.8 Å². The number of nitrogens with zero attached hydrogens (tertiary/aromatic N) is 3. The predicted octanol–water partition coefficient (Wildman–Crippen LogP) is 2.46. The van der Waals surface area contributed by atoms with Crippen LogP contribution in [-0.2, 0) is 9.53 Å².